The van der Waals surface area contributed by atoms with Crippen molar-refractivity contribution in [1.29, 1.82) is 0 Å². The van der Waals surface area contributed by atoms with Crippen LogP contribution in [0.25, 0.3) is 10.1 Å². The van der Waals surface area contributed by atoms with Gasteiger partial charge in [-0.2, -0.15) is 0 Å². The van der Waals surface area contributed by atoms with E-state index in [9.17, 15) is 4.79 Å². The zero-order valence-electron chi connectivity index (χ0n) is 9.90. The van der Waals surface area contributed by atoms with Crippen LogP contribution in [0.2, 0.25) is 0 Å². The Balaban J connectivity index is 1.82. The number of hydrogen-bond acceptors (Lipinski definition) is 2. The molecular formula is C13H16N2OS. The van der Waals surface area contributed by atoms with E-state index in [2.05, 4.69) is 29.2 Å². The number of nitrogens with one attached hydrogen (secondary N) is 1. The zero-order chi connectivity index (χ0) is 11.8. The molecule has 1 aliphatic rings. The highest BCUT2D eigenvalue weighted by molar-refractivity contribution is 7.20. The molecule has 0 aromatic carbocycles. The van der Waals surface area contributed by atoms with Crippen LogP contribution in [0.3, 0.4) is 0 Å². The Morgan fingerprint density at radius 3 is 3.00 bits per heavy atom. The molecule has 3 rings (SSSR count). The number of nitrogens with zero attached hydrogens (tertiary/aromatic N) is 1. The van der Waals surface area contributed by atoms with Gasteiger partial charge in [0.15, 0.2) is 0 Å². The number of hydrogen-bond donors (Lipinski definition) is 1. The quantitative estimate of drug-likeness (QED) is 0.886. The molecular weight excluding hydrogens is 232 g/mol. The van der Waals surface area contributed by atoms with Crippen LogP contribution in [0.15, 0.2) is 18.5 Å². The standard InChI is InChI=1S/C13H16N2OS/c1-2-5-14-13(16)11-6-9-7-15(10-3-4-10)8-12(9)17-11/h6-8,10H,2-5H2,1H3,(H,14,16). The second kappa shape index (κ2) is 4.18. The van der Waals surface area contributed by atoms with Crippen LogP contribution in [0.1, 0.15) is 41.9 Å². The third kappa shape index (κ3) is 2.09. The Morgan fingerprint density at radius 1 is 1.53 bits per heavy atom. The summed E-state index contributed by atoms with van der Waals surface area (Å²) in [7, 11) is 0. The van der Waals surface area contributed by atoms with Crippen molar-refractivity contribution in [2.75, 3.05) is 6.54 Å². The molecule has 1 saturated carbocycles. The number of aromatic nitrogens is 1. The van der Waals surface area contributed by atoms with Gasteiger partial charge in [-0.15, -0.1) is 11.3 Å². The highest BCUT2D eigenvalue weighted by atomic mass is 32.1. The normalized spacial score (nSPS) is 15.4. The molecule has 1 aliphatic carbocycles. The molecule has 2 aromatic heterocycles. The van der Waals surface area contributed by atoms with Gasteiger partial charge < -0.3 is 9.88 Å². The maximum atomic E-state index is 11.8. The lowest BCUT2D eigenvalue weighted by Crippen LogP contribution is -2.22. The first kappa shape index (κ1) is 10.8. The van der Waals surface area contributed by atoms with Crippen molar-refractivity contribution in [3.8, 4) is 0 Å². The molecule has 2 heterocycles. The van der Waals surface area contributed by atoms with Gasteiger partial charge in [-0.3, -0.25) is 4.79 Å². The van der Waals surface area contributed by atoms with Crippen molar-refractivity contribution < 1.29 is 4.79 Å². The van der Waals surface area contributed by atoms with Crippen LogP contribution >= 0.6 is 11.3 Å². The molecule has 4 heteroatoms. The first-order chi connectivity index (χ1) is 8.28. The van der Waals surface area contributed by atoms with Crippen molar-refractivity contribution in [2.45, 2.75) is 32.2 Å². The molecule has 0 atom stereocenters. The molecule has 0 aliphatic heterocycles. The van der Waals surface area contributed by atoms with Gasteiger partial charge in [0, 0.05) is 30.4 Å². The molecule has 0 unspecified atom stereocenters. The minimum Gasteiger partial charge on any atom is -0.351 e. The van der Waals surface area contributed by atoms with Crippen molar-refractivity contribution >= 4 is 27.3 Å². The summed E-state index contributed by atoms with van der Waals surface area (Å²) in [5.74, 6) is 0.0611. The summed E-state index contributed by atoms with van der Waals surface area (Å²) in [6.45, 7) is 2.81. The van der Waals surface area contributed by atoms with Crippen LogP contribution in [0.4, 0.5) is 0 Å². The van der Waals surface area contributed by atoms with Crippen molar-refractivity contribution in [3.05, 3.63) is 23.3 Å². The minimum atomic E-state index is 0.0611. The maximum absolute atomic E-state index is 11.8. The lowest BCUT2D eigenvalue weighted by atomic mass is 10.3. The summed E-state index contributed by atoms with van der Waals surface area (Å²) in [6, 6.07) is 2.72. The first-order valence-corrected chi connectivity index (χ1v) is 6.99. The molecule has 0 bridgehead atoms. The highest BCUT2D eigenvalue weighted by Crippen LogP contribution is 2.38. The van der Waals surface area contributed by atoms with E-state index >= 15 is 0 Å². The Kier molecular flexibility index (Phi) is 2.67. The highest BCUT2D eigenvalue weighted by Gasteiger charge is 2.23. The van der Waals surface area contributed by atoms with E-state index in [1.807, 2.05) is 6.07 Å². The average molecular weight is 248 g/mol. The number of fused-ring (bicyclic) bond motifs is 1. The SMILES string of the molecule is CCCNC(=O)c1cc2cn(C3CC3)cc2s1. The molecule has 0 radical (unpaired) electrons. The summed E-state index contributed by atoms with van der Waals surface area (Å²) >= 11 is 1.59. The van der Waals surface area contributed by atoms with E-state index in [0.29, 0.717) is 6.04 Å². The Labute approximate surface area is 104 Å². The largest absolute Gasteiger partial charge is 0.351 e. The molecule has 17 heavy (non-hydrogen) atoms. The third-order valence-corrected chi connectivity index (χ3v) is 4.16. The molecule has 1 N–H and O–H groups in total. The summed E-state index contributed by atoms with van der Waals surface area (Å²) in [4.78, 5) is 12.6. The van der Waals surface area contributed by atoms with Gasteiger partial charge >= 0.3 is 0 Å². The Hall–Kier alpha value is -1.29. The van der Waals surface area contributed by atoms with Gasteiger partial charge in [0.05, 0.1) is 9.58 Å². The lowest BCUT2D eigenvalue weighted by Gasteiger charge is -1.99. The smallest absolute Gasteiger partial charge is 0.261 e. The van der Waals surface area contributed by atoms with Crippen LogP contribution in [-0.2, 0) is 0 Å². The van der Waals surface area contributed by atoms with E-state index in [-0.39, 0.29) is 5.91 Å². The number of amides is 1. The van der Waals surface area contributed by atoms with Gasteiger partial charge in [0.25, 0.3) is 5.91 Å². The van der Waals surface area contributed by atoms with E-state index in [0.717, 1.165) is 17.8 Å². The van der Waals surface area contributed by atoms with E-state index in [4.69, 9.17) is 0 Å². The Morgan fingerprint density at radius 2 is 2.35 bits per heavy atom. The molecule has 90 valence electrons. The van der Waals surface area contributed by atoms with E-state index in [1.165, 1.54) is 22.9 Å². The molecule has 3 nitrogen and oxygen atoms in total. The van der Waals surface area contributed by atoms with Crippen molar-refractivity contribution in [1.82, 2.24) is 9.88 Å². The molecule has 0 spiro atoms. The Bertz CT molecular complexity index is 519. The van der Waals surface area contributed by atoms with Gasteiger partial charge in [-0.25, -0.2) is 0 Å². The fourth-order valence-corrected chi connectivity index (χ4v) is 2.97. The second-order valence-electron chi connectivity index (χ2n) is 4.62. The predicted molar refractivity (Wildman–Crippen MR) is 70.7 cm³/mol. The number of carbonyl (C=O) groups excluding carboxylic acids is 1. The summed E-state index contributed by atoms with van der Waals surface area (Å²) in [5, 5.41) is 4.11. The monoisotopic (exact) mass is 248 g/mol. The summed E-state index contributed by atoms with van der Waals surface area (Å²) < 4.78 is 3.51. The fraction of sp³-hybridized carbons (Fsp3) is 0.462. The van der Waals surface area contributed by atoms with Gasteiger partial charge in [0.1, 0.15) is 0 Å². The molecule has 0 saturated heterocycles. The topological polar surface area (TPSA) is 34.0 Å². The fourth-order valence-electron chi connectivity index (χ4n) is 1.98. The third-order valence-electron chi connectivity index (χ3n) is 3.07. The maximum Gasteiger partial charge on any atom is 0.261 e. The van der Waals surface area contributed by atoms with Crippen molar-refractivity contribution in [2.24, 2.45) is 0 Å². The van der Waals surface area contributed by atoms with Crippen LogP contribution in [0.5, 0.6) is 0 Å². The molecule has 1 fully saturated rings. The molecule has 2 aromatic rings. The van der Waals surface area contributed by atoms with Crippen molar-refractivity contribution in [3.63, 3.8) is 0 Å². The molecule has 1 amide bonds. The number of thiophene rings is 1. The minimum absolute atomic E-state index is 0.0611. The zero-order valence-corrected chi connectivity index (χ0v) is 10.7. The number of rotatable bonds is 4. The van der Waals surface area contributed by atoms with Gasteiger partial charge in [-0.05, 0) is 25.3 Å². The van der Waals surface area contributed by atoms with Gasteiger partial charge in [0.2, 0.25) is 0 Å². The van der Waals surface area contributed by atoms with Crippen LogP contribution in [-0.4, -0.2) is 17.0 Å². The van der Waals surface area contributed by atoms with E-state index < -0.39 is 0 Å². The predicted octanol–water partition coefficient (Wildman–Crippen LogP) is 3.18. The summed E-state index contributed by atoms with van der Waals surface area (Å²) in [6.07, 6.45) is 7.91. The van der Waals surface area contributed by atoms with Crippen LogP contribution in [0, 0.1) is 0 Å². The lowest BCUT2D eigenvalue weighted by molar-refractivity contribution is 0.0958. The van der Waals surface area contributed by atoms with E-state index in [1.54, 1.807) is 11.3 Å². The number of carbonyl (C=O) groups is 1. The van der Waals surface area contributed by atoms with Crippen LogP contribution < -0.4 is 5.32 Å². The first-order valence-electron chi connectivity index (χ1n) is 6.17. The summed E-state index contributed by atoms with van der Waals surface area (Å²) in [5.41, 5.74) is 0. The van der Waals surface area contributed by atoms with Gasteiger partial charge in [-0.1, -0.05) is 6.92 Å². The second-order valence-corrected chi connectivity index (χ2v) is 5.71. The average Bonchev–Trinajstić information content (AvgIpc) is 2.97.